The lowest BCUT2D eigenvalue weighted by molar-refractivity contribution is 0.434. The van der Waals surface area contributed by atoms with Gasteiger partial charge in [0.2, 0.25) is 0 Å². The Bertz CT molecular complexity index is 458. The average Bonchev–Trinajstić information content (AvgIpc) is 2.84. The highest BCUT2D eigenvalue weighted by Crippen LogP contribution is 2.28. The van der Waals surface area contributed by atoms with Crippen LogP contribution in [0, 0.1) is 13.8 Å². The van der Waals surface area contributed by atoms with Crippen molar-refractivity contribution < 1.29 is 4.42 Å². The Kier molecular flexibility index (Phi) is 3.46. The largest absolute Gasteiger partial charge is 0.464 e. The minimum Gasteiger partial charge on any atom is -0.464 e. The molecule has 16 heavy (non-hydrogen) atoms. The van der Waals surface area contributed by atoms with Crippen molar-refractivity contribution in [3.63, 3.8) is 0 Å². The number of aryl methyl sites for hydroxylation is 2. The number of nitrogens with one attached hydrogen (secondary N) is 1. The van der Waals surface area contributed by atoms with Gasteiger partial charge in [0.15, 0.2) is 0 Å². The Labute approximate surface area is 100 Å². The van der Waals surface area contributed by atoms with Gasteiger partial charge in [-0.3, -0.25) is 0 Å². The van der Waals surface area contributed by atoms with E-state index in [1.54, 1.807) is 11.3 Å². The normalized spacial score (nSPS) is 12.9. The van der Waals surface area contributed by atoms with E-state index in [1.807, 2.05) is 13.0 Å². The third-order valence-corrected chi connectivity index (χ3v) is 3.54. The van der Waals surface area contributed by atoms with Crippen LogP contribution in [0.1, 0.15) is 35.6 Å². The molecular weight excluding hydrogens is 218 g/mol. The predicted octanol–water partition coefficient (Wildman–Crippen LogP) is 3.66. The monoisotopic (exact) mass is 235 g/mol. The topological polar surface area (TPSA) is 25.2 Å². The summed E-state index contributed by atoms with van der Waals surface area (Å²) in [6, 6.07) is 4.26. The molecule has 1 unspecified atom stereocenters. The summed E-state index contributed by atoms with van der Waals surface area (Å²) in [4.78, 5) is 0. The number of rotatable bonds is 4. The first-order valence-electron chi connectivity index (χ1n) is 5.54. The lowest BCUT2D eigenvalue weighted by atomic mass is 10.0. The van der Waals surface area contributed by atoms with Crippen LogP contribution in [0.5, 0.6) is 0 Å². The molecule has 0 aliphatic carbocycles. The highest BCUT2D eigenvalue weighted by atomic mass is 32.1. The molecule has 0 radical (unpaired) electrons. The van der Waals surface area contributed by atoms with Gasteiger partial charge < -0.3 is 9.73 Å². The van der Waals surface area contributed by atoms with E-state index in [9.17, 15) is 0 Å². The summed E-state index contributed by atoms with van der Waals surface area (Å²) < 4.78 is 5.72. The fourth-order valence-electron chi connectivity index (χ4n) is 1.84. The van der Waals surface area contributed by atoms with E-state index in [-0.39, 0.29) is 6.04 Å². The molecule has 0 spiro atoms. The second-order valence-corrected chi connectivity index (χ2v) is 4.69. The molecule has 0 aliphatic rings. The summed E-state index contributed by atoms with van der Waals surface area (Å²) in [5.41, 5.74) is 2.64. The van der Waals surface area contributed by atoms with Crippen molar-refractivity contribution in [1.82, 2.24) is 5.32 Å². The first-order valence-corrected chi connectivity index (χ1v) is 6.49. The molecule has 2 aromatic rings. The van der Waals surface area contributed by atoms with Gasteiger partial charge in [-0.15, -0.1) is 0 Å². The number of furan rings is 1. The zero-order valence-corrected chi connectivity index (χ0v) is 10.7. The van der Waals surface area contributed by atoms with Crippen molar-refractivity contribution in [2.75, 3.05) is 6.54 Å². The number of thiophene rings is 1. The predicted molar refractivity (Wildman–Crippen MR) is 68.0 cm³/mol. The number of hydrogen-bond acceptors (Lipinski definition) is 3. The molecule has 3 heteroatoms. The van der Waals surface area contributed by atoms with Gasteiger partial charge in [0.05, 0.1) is 6.04 Å². The molecular formula is C13H17NOS. The molecule has 86 valence electrons. The fourth-order valence-corrected chi connectivity index (χ4v) is 2.72. The summed E-state index contributed by atoms with van der Waals surface area (Å²) in [6.45, 7) is 7.17. The summed E-state index contributed by atoms with van der Waals surface area (Å²) >= 11 is 1.74. The molecule has 0 amide bonds. The van der Waals surface area contributed by atoms with Gasteiger partial charge in [-0.25, -0.2) is 0 Å². The maximum Gasteiger partial charge on any atom is 0.125 e. The smallest absolute Gasteiger partial charge is 0.125 e. The van der Waals surface area contributed by atoms with E-state index in [0.29, 0.717) is 0 Å². The van der Waals surface area contributed by atoms with E-state index < -0.39 is 0 Å². The van der Waals surface area contributed by atoms with E-state index in [0.717, 1.165) is 18.1 Å². The molecule has 2 nitrogen and oxygen atoms in total. The summed E-state index contributed by atoms with van der Waals surface area (Å²) in [6.07, 6.45) is 0. The van der Waals surface area contributed by atoms with Crippen molar-refractivity contribution in [2.45, 2.75) is 26.8 Å². The highest BCUT2D eigenvalue weighted by Gasteiger charge is 2.18. The van der Waals surface area contributed by atoms with Crippen LogP contribution in [0.2, 0.25) is 0 Å². The Hall–Kier alpha value is -1.06. The standard InChI is InChI=1S/C13H17NOS/c1-4-14-13(11-8-16-7-9(11)2)12-6-5-10(3)15-12/h5-8,13-14H,4H2,1-3H3. The van der Waals surface area contributed by atoms with Crippen molar-refractivity contribution in [3.05, 3.63) is 45.5 Å². The third kappa shape index (κ3) is 2.20. The lowest BCUT2D eigenvalue weighted by Crippen LogP contribution is -2.21. The van der Waals surface area contributed by atoms with Crippen LogP contribution in [-0.2, 0) is 0 Å². The summed E-state index contributed by atoms with van der Waals surface area (Å²) in [7, 11) is 0. The van der Waals surface area contributed by atoms with Crippen molar-refractivity contribution in [2.24, 2.45) is 0 Å². The molecule has 0 fully saturated rings. The molecule has 0 saturated heterocycles. The van der Waals surface area contributed by atoms with Crippen LogP contribution in [0.4, 0.5) is 0 Å². The molecule has 0 bridgehead atoms. The minimum atomic E-state index is 0.185. The molecule has 0 saturated carbocycles. The molecule has 2 aromatic heterocycles. The van der Waals surface area contributed by atoms with E-state index >= 15 is 0 Å². The lowest BCUT2D eigenvalue weighted by Gasteiger charge is -2.15. The van der Waals surface area contributed by atoms with Crippen LogP contribution in [-0.4, -0.2) is 6.54 Å². The highest BCUT2D eigenvalue weighted by molar-refractivity contribution is 7.08. The molecule has 1 atom stereocenters. The van der Waals surface area contributed by atoms with Gasteiger partial charge in [-0.05, 0) is 54.4 Å². The molecule has 0 aromatic carbocycles. The first kappa shape index (κ1) is 11.4. The number of hydrogen-bond donors (Lipinski definition) is 1. The Morgan fingerprint density at radius 1 is 1.31 bits per heavy atom. The second-order valence-electron chi connectivity index (χ2n) is 3.95. The van der Waals surface area contributed by atoms with E-state index in [1.165, 1.54) is 11.1 Å². The summed E-state index contributed by atoms with van der Waals surface area (Å²) in [5, 5.41) is 7.84. The minimum absolute atomic E-state index is 0.185. The van der Waals surface area contributed by atoms with Crippen LogP contribution in [0.25, 0.3) is 0 Å². The van der Waals surface area contributed by atoms with Crippen LogP contribution in [0.15, 0.2) is 27.3 Å². The van der Waals surface area contributed by atoms with E-state index in [2.05, 4.69) is 36.0 Å². The maximum atomic E-state index is 5.72. The zero-order chi connectivity index (χ0) is 11.5. The van der Waals surface area contributed by atoms with Crippen LogP contribution in [0.3, 0.4) is 0 Å². The summed E-state index contributed by atoms with van der Waals surface area (Å²) in [5.74, 6) is 1.96. The molecule has 0 aliphatic heterocycles. The van der Waals surface area contributed by atoms with Crippen LogP contribution >= 0.6 is 11.3 Å². The maximum absolute atomic E-state index is 5.72. The molecule has 2 heterocycles. The van der Waals surface area contributed by atoms with Crippen molar-refractivity contribution >= 4 is 11.3 Å². The molecule has 2 rings (SSSR count). The van der Waals surface area contributed by atoms with Gasteiger partial charge in [0.1, 0.15) is 11.5 Å². The van der Waals surface area contributed by atoms with Crippen molar-refractivity contribution in [3.8, 4) is 0 Å². The van der Waals surface area contributed by atoms with Crippen LogP contribution < -0.4 is 5.32 Å². The quantitative estimate of drug-likeness (QED) is 0.875. The van der Waals surface area contributed by atoms with E-state index in [4.69, 9.17) is 4.42 Å². The Balaban J connectivity index is 2.34. The second kappa shape index (κ2) is 4.85. The van der Waals surface area contributed by atoms with Gasteiger partial charge in [-0.2, -0.15) is 11.3 Å². The SMILES string of the molecule is CCNC(c1ccc(C)o1)c1cscc1C. The van der Waals surface area contributed by atoms with Gasteiger partial charge in [0.25, 0.3) is 0 Å². The molecule has 1 N–H and O–H groups in total. The Morgan fingerprint density at radius 2 is 2.12 bits per heavy atom. The van der Waals surface area contributed by atoms with Crippen molar-refractivity contribution in [1.29, 1.82) is 0 Å². The first-order chi connectivity index (χ1) is 7.72. The average molecular weight is 235 g/mol. The zero-order valence-electron chi connectivity index (χ0n) is 9.91. The third-order valence-electron chi connectivity index (χ3n) is 2.66. The van der Waals surface area contributed by atoms with Gasteiger partial charge in [0, 0.05) is 0 Å². The fraction of sp³-hybridized carbons (Fsp3) is 0.385. The van der Waals surface area contributed by atoms with Gasteiger partial charge >= 0.3 is 0 Å². The Morgan fingerprint density at radius 3 is 2.62 bits per heavy atom. The van der Waals surface area contributed by atoms with Gasteiger partial charge in [-0.1, -0.05) is 6.92 Å².